The first-order valence-corrected chi connectivity index (χ1v) is 6.77. The number of ether oxygens (including phenoxy) is 1. The Morgan fingerprint density at radius 3 is 2.57 bits per heavy atom. The average Bonchev–Trinajstić information content (AvgIpc) is 2.50. The summed E-state index contributed by atoms with van der Waals surface area (Å²) in [6, 6.07) is 4.91. The van der Waals surface area contributed by atoms with Gasteiger partial charge in [-0.15, -0.1) is 0 Å². The second-order valence-electron chi connectivity index (χ2n) is 4.88. The lowest BCUT2D eigenvalue weighted by Crippen LogP contribution is -2.41. The van der Waals surface area contributed by atoms with Crippen LogP contribution >= 0.6 is 0 Å². The van der Waals surface area contributed by atoms with Crippen molar-refractivity contribution in [1.29, 1.82) is 0 Å². The van der Waals surface area contributed by atoms with Gasteiger partial charge in [-0.3, -0.25) is 19.7 Å². The van der Waals surface area contributed by atoms with Crippen molar-refractivity contribution in [3.63, 3.8) is 0 Å². The minimum Gasteiger partial charge on any atom is -0.452 e. The molecule has 0 radical (unpaired) electrons. The normalized spacial score (nSPS) is 10.0. The molecule has 0 saturated carbocycles. The number of nitrogens with one attached hydrogen (secondary N) is 2. The van der Waals surface area contributed by atoms with Crippen LogP contribution in [0.4, 0.5) is 5.69 Å². The summed E-state index contributed by atoms with van der Waals surface area (Å²) >= 11 is 0. The molecule has 0 aromatic heterocycles. The van der Waals surface area contributed by atoms with Crippen LogP contribution in [0.15, 0.2) is 24.3 Å². The standard InChI is InChI=1S/C14H17N3O6/c1-9(2)16-12(18)7-15-13(19)8-23-14(20)10-4-3-5-11(6-10)17(21)22/h3-6,9H,7-8H2,1-2H3,(H,15,19)(H,16,18). The molecule has 1 rings (SSSR count). The molecule has 0 saturated heterocycles. The molecule has 0 fully saturated rings. The molecule has 1 aromatic carbocycles. The number of esters is 1. The molecule has 9 heteroatoms. The van der Waals surface area contributed by atoms with E-state index >= 15 is 0 Å². The Balaban J connectivity index is 2.44. The lowest BCUT2D eigenvalue weighted by Gasteiger charge is -2.09. The summed E-state index contributed by atoms with van der Waals surface area (Å²) in [5, 5.41) is 15.5. The van der Waals surface area contributed by atoms with Gasteiger partial charge < -0.3 is 15.4 Å². The highest BCUT2D eigenvalue weighted by Gasteiger charge is 2.14. The number of non-ortho nitro benzene ring substituents is 1. The lowest BCUT2D eigenvalue weighted by molar-refractivity contribution is -0.384. The summed E-state index contributed by atoms with van der Waals surface area (Å²) in [5.74, 6) is -1.88. The van der Waals surface area contributed by atoms with Gasteiger partial charge in [0.25, 0.3) is 11.6 Å². The highest BCUT2D eigenvalue weighted by molar-refractivity contribution is 5.92. The zero-order valence-corrected chi connectivity index (χ0v) is 12.7. The summed E-state index contributed by atoms with van der Waals surface area (Å²) in [5.41, 5.74) is -0.293. The van der Waals surface area contributed by atoms with Gasteiger partial charge >= 0.3 is 5.97 Å². The summed E-state index contributed by atoms with van der Waals surface area (Å²) in [7, 11) is 0. The SMILES string of the molecule is CC(C)NC(=O)CNC(=O)COC(=O)c1cccc([N+](=O)[O-])c1. The first-order chi connectivity index (χ1) is 10.8. The Morgan fingerprint density at radius 2 is 1.96 bits per heavy atom. The average molecular weight is 323 g/mol. The molecule has 2 N–H and O–H groups in total. The number of nitrogens with zero attached hydrogens (tertiary/aromatic N) is 1. The number of benzene rings is 1. The number of carbonyl (C=O) groups excluding carboxylic acids is 3. The van der Waals surface area contributed by atoms with Crippen molar-refractivity contribution in [2.45, 2.75) is 19.9 Å². The Labute approximate surface area is 132 Å². The van der Waals surface area contributed by atoms with E-state index in [1.165, 1.54) is 18.2 Å². The van der Waals surface area contributed by atoms with Gasteiger partial charge in [-0.05, 0) is 19.9 Å². The number of carbonyl (C=O) groups is 3. The van der Waals surface area contributed by atoms with Crippen molar-refractivity contribution in [1.82, 2.24) is 10.6 Å². The van der Waals surface area contributed by atoms with Crippen LogP contribution in [0, 0.1) is 10.1 Å². The third-order valence-corrected chi connectivity index (χ3v) is 2.52. The van der Waals surface area contributed by atoms with E-state index in [1.807, 2.05) is 0 Å². The van der Waals surface area contributed by atoms with Gasteiger partial charge in [-0.2, -0.15) is 0 Å². The van der Waals surface area contributed by atoms with Crippen LogP contribution in [0.3, 0.4) is 0 Å². The molecule has 1 aromatic rings. The molecule has 0 spiro atoms. The van der Waals surface area contributed by atoms with Crippen molar-refractivity contribution in [3.8, 4) is 0 Å². The van der Waals surface area contributed by atoms with Crippen molar-refractivity contribution in [3.05, 3.63) is 39.9 Å². The molecule has 124 valence electrons. The van der Waals surface area contributed by atoms with Crippen LogP contribution in [-0.4, -0.2) is 41.9 Å². The van der Waals surface area contributed by atoms with E-state index in [0.717, 1.165) is 6.07 Å². The summed E-state index contributed by atoms with van der Waals surface area (Å²) in [6.45, 7) is 2.74. The van der Waals surface area contributed by atoms with Gasteiger partial charge in [0.2, 0.25) is 5.91 Å². The van der Waals surface area contributed by atoms with Crippen LogP contribution in [0.2, 0.25) is 0 Å². The zero-order chi connectivity index (χ0) is 17.4. The quantitative estimate of drug-likeness (QED) is 0.424. The minimum absolute atomic E-state index is 0.0375. The fourth-order valence-corrected chi connectivity index (χ4v) is 1.56. The van der Waals surface area contributed by atoms with E-state index in [4.69, 9.17) is 4.74 Å². The maximum Gasteiger partial charge on any atom is 0.338 e. The molecular formula is C14H17N3O6. The summed E-state index contributed by atoms with van der Waals surface area (Å²) < 4.78 is 4.73. The van der Waals surface area contributed by atoms with Gasteiger partial charge in [-0.25, -0.2) is 4.79 Å². The molecule has 2 amide bonds. The van der Waals surface area contributed by atoms with Crippen molar-refractivity contribution in [2.24, 2.45) is 0 Å². The highest BCUT2D eigenvalue weighted by atomic mass is 16.6. The predicted octanol–water partition coefficient (Wildman–Crippen LogP) is 0.392. The maximum atomic E-state index is 11.7. The number of amides is 2. The first kappa shape index (κ1) is 18.1. The number of nitro benzene ring substituents is 1. The summed E-state index contributed by atoms with van der Waals surface area (Å²) in [4.78, 5) is 44.5. The van der Waals surface area contributed by atoms with E-state index in [1.54, 1.807) is 13.8 Å². The number of hydrogen-bond acceptors (Lipinski definition) is 6. The first-order valence-electron chi connectivity index (χ1n) is 6.77. The minimum atomic E-state index is -0.865. The van der Waals surface area contributed by atoms with Crippen LogP contribution in [0.5, 0.6) is 0 Å². The van der Waals surface area contributed by atoms with Crippen LogP contribution in [0.25, 0.3) is 0 Å². The number of hydrogen-bond donors (Lipinski definition) is 2. The Hall–Kier alpha value is -2.97. The second kappa shape index (κ2) is 8.47. The van der Waals surface area contributed by atoms with E-state index in [2.05, 4.69) is 10.6 Å². The largest absolute Gasteiger partial charge is 0.452 e. The second-order valence-corrected chi connectivity index (χ2v) is 4.88. The third-order valence-electron chi connectivity index (χ3n) is 2.52. The van der Waals surface area contributed by atoms with Gasteiger partial charge in [-0.1, -0.05) is 6.07 Å². The van der Waals surface area contributed by atoms with E-state index in [9.17, 15) is 24.5 Å². The zero-order valence-electron chi connectivity index (χ0n) is 12.7. The van der Waals surface area contributed by atoms with Crippen LogP contribution in [0.1, 0.15) is 24.2 Å². The molecule has 0 aliphatic carbocycles. The molecular weight excluding hydrogens is 306 g/mol. The van der Waals surface area contributed by atoms with Crippen molar-refractivity contribution in [2.75, 3.05) is 13.2 Å². The van der Waals surface area contributed by atoms with Gasteiger partial charge in [0, 0.05) is 18.2 Å². The van der Waals surface area contributed by atoms with Gasteiger partial charge in [0.05, 0.1) is 17.0 Å². The highest BCUT2D eigenvalue weighted by Crippen LogP contribution is 2.13. The molecule has 0 heterocycles. The molecule has 0 atom stereocenters. The predicted molar refractivity (Wildman–Crippen MR) is 79.7 cm³/mol. The third kappa shape index (κ3) is 6.55. The van der Waals surface area contributed by atoms with Crippen LogP contribution in [-0.2, 0) is 14.3 Å². The monoisotopic (exact) mass is 323 g/mol. The van der Waals surface area contributed by atoms with Crippen molar-refractivity contribution >= 4 is 23.5 Å². The molecule has 0 unspecified atom stereocenters. The van der Waals surface area contributed by atoms with Gasteiger partial charge in [0.15, 0.2) is 6.61 Å². The maximum absolute atomic E-state index is 11.7. The van der Waals surface area contributed by atoms with Gasteiger partial charge in [0.1, 0.15) is 0 Å². The molecule has 0 aliphatic heterocycles. The Morgan fingerprint density at radius 1 is 1.26 bits per heavy atom. The van der Waals surface area contributed by atoms with E-state index in [0.29, 0.717) is 0 Å². The smallest absolute Gasteiger partial charge is 0.338 e. The Bertz CT molecular complexity index is 614. The number of nitro groups is 1. The fourth-order valence-electron chi connectivity index (χ4n) is 1.56. The molecule has 0 aliphatic rings. The molecule has 9 nitrogen and oxygen atoms in total. The lowest BCUT2D eigenvalue weighted by atomic mass is 10.2. The van der Waals surface area contributed by atoms with E-state index < -0.39 is 23.4 Å². The number of rotatable bonds is 7. The fraction of sp³-hybridized carbons (Fsp3) is 0.357. The Kier molecular flexibility index (Phi) is 6.66. The van der Waals surface area contributed by atoms with Crippen LogP contribution < -0.4 is 10.6 Å². The van der Waals surface area contributed by atoms with Crippen molar-refractivity contribution < 1.29 is 24.0 Å². The summed E-state index contributed by atoms with van der Waals surface area (Å²) in [6.07, 6.45) is 0. The molecule has 0 bridgehead atoms. The molecule has 23 heavy (non-hydrogen) atoms. The topological polar surface area (TPSA) is 128 Å². The van der Waals surface area contributed by atoms with E-state index in [-0.39, 0.29) is 29.7 Å².